The topological polar surface area (TPSA) is 69.0 Å². The molecule has 3 aromatic rings. The van der Waals surface area contributed by atoms with E-state index in [1.807, 2.05) is 24.3 Å². The van der Waals surface area contributed by atoms with Crippen LogP contribution in [-0.2, 0) is 4.74 Å². The van der Waals surface area contributed by atoms with Crippen LogP contribution in [0, 0.1) is 0 Å². The fourth-order valence-electron chi connectivity index (χ4n) is 1.83. The van der Waals surface area contributed by atoms with Gasteiger partial charge < -0.3 is 4.74 Å². The Morgan fingerprint density at radius 2 is 2.18 bits per heavy atom. The normalized spacial score (nSPS) is 10.6. The molecule has 112 valence electrons. The minimum absolute atomic E-state index is 0.553. The third-order valence-corrected chi connectivity index (χ3v) is 4.00. The molecule has 1 N–H and O–H groups in total. The van der Waals surface area contributed by atoms with E-state index in [1.54, 1.807) is 12.3 Å². The fraction of sp³-hybridized carbons (Fsp3) is 0.0714. The number of hydrogen-bond acceptors (Lipinski definition) is 5. The Bertz CT molecular complexity index is 819. The first-order chi connectivity index (χ1) is 10.7. The number of carbonyl (C=O) groups excluding carboxylic acids is 1. The predicted molar refractivity (Wildman–Crippen MR) is 84.9 cm³/mol. The molecule has 1 aromatic carbocycles. The molecule has 0 fully saturated rings. The highest BCUT2D eigenvalue weighted by molar-refractivity contribution is 7.99. The Morgan fingerprint density at radius 3 is 2.91 bits per heavy atom. The molecule has 2 aromatic heterocycles. The number of pyridine rings is 1. The van der Waals surface area contributed by atoms with Gasteiger partial charge in [0.05, 0.1) is 23.2 Å². The summed E-state index contributed by atoms with van der Waals surface area (Å²) < 4.78 is 6.07. The number of benzene rings is 1. The Labute approximate surface area is 135 Å². The van der Waals surface area contributed by atoms with Crippen LogP contribution in [0.1, 0.15) is 0 Å². The number of amides is 1. The number of ether oxygens (including phenoxy) is 1. The van der Waals surface area contributed by atoms with Gasteiger partial charge in [-0.25, -0.2) is 24.9 Å². The van der Waals surface area contributed by atoms with Gasteiger partial charge in [0.2, 0.25) is 0 Å². The maximum Gasteiger partial charge on any atom is 0.426 e. The average Bonchev–Trinajstić information content (AvgIpc) is 2.92. The third-order valence-electron chi connectivity index (χ3n) is 2.84. The van der Waals surface area contributed by atoms with Crippen molar-refractivity contribution in [1.82, 2.24) is 14.6 Å². The van der Waals surface area contributed by atoms with Gasteiger partial charge in [0.25, 0.3) is 0 Å². The summed E-state index contributed by atoms with van der Waals surface area (Å²) in [5.74, 6) is 0. The number of aromatic nitrogens is 3. The van der Waals surface area contributed by atoms with Crippen molar-refractivity contribution in [3.05, 3.63) is 47.9 Å². The van der Waals surface area contributed by atoms with Crippen molar-refractivity contribution in [2.75, 3.05) is 12.5 Å². The van der Waals surface area contributed by atoms with E-state index < -0.39 is 6.09 Å². The van der Waals surface area contributed by atoms with Gasteiger partial charge >= 0.3 is 6.09 Å². The minimum atomic E-state index is -0.553. The number of methoxy groups -OCH3 is 1. The van der Waals surface area contributed by atoms with E-state index in [2.05, 4.69) is 20.1 Å². The molecule has 2 heterocycles. The molecule has 0 aliphatic rings. The molecular weight excluding hydrogens is 324 g/mol. The van der Waals surface area contributed by atoms with Crippen LogP contribution in [0.5, 0.6) is 0 Å². The van der Waals surface area contributed by atoms with E-state index >= 15 is 0 Å². The Balaban J connectivity index is 1.84. The molecule has 0 spiro atoms. The van der Waals surface area contributed by atoms with E-state index in [-0.39, 0.29) is 0 Å². The van der Waals surface area contributed by atoms with Crippen LogP contribution in [0.15, 0.2) is 52.8 Å². The van der Waals surface area contributed by atoms with E-state index in [0.29, 0.717) is 5.02 Å². The van der Waals surface area contributed by atoms with Gasteiger partial charge in [0, 0.05) is 11.1 Å². The van der Waals surface area contributed by atoms with E-state index in [0.717, 1.165) is 21.0 Å². The molecule has 0 atom stereocenters. The Hall–Kier alpha value is -2.25. The molecule has 1 amide bonds. The number of halogens is 1. The van der Waals surface area contributed by atoms with Gasteiger partial charge in [-0.2, -0.15) is 0 Å². The van der Waals surface area contributed by atoms with Gasteiger partial charge in [-0.1, -0.05) is 23.4 Å². The molecule has 0 aliphatic heterocycles. The molecule has 6 nitrogen and oxygen atoms in total. The van der Waals surface area contributed by atoms with E-state index in [9.17, 15) is 4.79 Å². The van der Waals surface area contributed by atoms with Crippen LogP contribution in [0.25, 0.3) is 11.0 Å². The van der Waals surface area contributed by atoms with Gasteiger partial charge in [0.15, 0.2) is 0 Å². The molecule has 8 heteroatoms. The number of fused-ring (bicyclic) bond motifs is 1. The molecule has 22 heavy (non-hydrogen) atoms. The lowest BCUT2D eigenvalue weighted by molar-refractivity contribution is 0.183. The summed E-state index contributed by atoms with van der Waals surface area (Å²) in [4.78, 5) is 20.7. The first-order valence-electron chi connectivity index (χ1n) is 6.27. The summed E-state index contributed by atoms with van der Waals surface area (Å²) in [5, 5.41) is 1.45. The van der Waals surface area contributed by atoms with Gasteiger partial charge in [0.1, 0.15) is 11.4 Å². The van der Waals surface area contributed by atoms with Crippen LogP contribution >= 0.6 is 23.4 Å². The van der Waals surface area contributed by atoms with Gasteiger partial charge in [-0.05, 0) is 30.3 Å². The van der Waals surface area contributed by atoms with Gasteiger partial charge in [-0.3, -0.25) is 0 Å². The monoisotopic (exact) mass is 334 g/mol. The lowest BCUT2D eigenvalue weighted by atomic mass is 10.3. The molecule has 0 unspecified atom stereocenters. The Kier molecular flexibility index (Phi) is 4.17. The lowest BCUT2D eigenvalue weighted by Crippen LogP contribution is -2.21. The molecule has 0 bridgehead atoms. The van der Waals surface area contributed by atoms with Crippen LogP contribution in [0.4, 0.5) is 4.79 Å². The molecular formula is C14H11ClN4O2S. The zero-order chi connectivity index (χ0) is 15.5. The standard InChI is InChI=1S/C14H11ClN4O2S/c1-21-14(20)18-19-8-17-11-6-10(3-4-12(11)19)22-13-5-2-9(15)7-16-13/h2-8H,1H3,(H,18,20). The number of imidazole rings is 1. The highest BCUT2D eigenvalue weighted by atomic mass is 35.5. The number of carbonyl (C=O) groups is 1. The first kappa shape index (κ1) is 14.7. The number of nitrogens with one attached hydrogen (secondary N) is 1. The molecule has 0 radical (unpaired) electrons. The second-order valence-electron chi connectivity index (χ2n) is 4.29. The van der Waals surface area contributed by atoms with Crippen molar-refractivity contribution >= 4 is 40.5 Å². The van der Waals surface area contributed by atoms with Crippen molar-refractivity contribution in [3.8, 4) is 0 Å². The SMILES string of the molecule is COC(=O)Nn1cnc2cc(Sc3ccc(Cl)cn3)ccc21. The molecule has 3 rings (SSSR count). The second kappa shape index (κ2) is 6.25. The highest BCUT2D eigenvalue weighted by Gasteiger charge is 2.07. The molecule has 0 aliphatic carbocycles. The predicted octanol–water partition coefficient (Wildman–Crippen LogP) is 3.55. The fourth-order valence-corrected chi connectivity index (χ4v) is 2.73. The zero-order valence-corrected chi connectivity index (χ0v) is 13.1. The average molecular weight is 335 g/mol. The second-order valence-corrected chi connectivity index (χ2v) is 5.82. The van der Waals surface area contributed by atoms with Crippen molar-refractivity contribution in [1.29, 1.82) is 0 Å². The summed E-state index contributed by atoms with van der Waals surface area (Å²) in [6.07, 6.45) is 2.58. The lowest BCUT2D eigenvalue weighted by Gasteiger charge is -2.05. The summed E-state index contributed by atoms with van der Waals surface area (Å²) in [6, 6.07) is 9.38. The first-order valence-corrected chi connectivity index (χ1v) is 7.46. The van der Waals surface area contributed by atoms with Crippen molar-refractivity contribution in [2.24, 2.45) is 0 Å². The Morgan fingerprint density at radius 1 is 1.32 bits per heavy atom. The third kappa shape index (κ3) is 3.15. The molecule has 0 saturated heterocycles. The number of rotatable bonds is 3. The van der Waals surface area contributed by atoms with Crippen LogP contribution in [0.2, 0.25) is 5.02 Å². The summed E-state index contributed by atoms with van der Waals surface area (Å²) in [5.41, 5.74) is 4.09. The summed E-state index contributed by atoms with van der Waals surface area (Å²) >= 11 is 7.33. The maximum atomic E-state index is 11.3. The van der Waals surface area contributed by atoms with Crippen LogP contribution in [-0.4, -0.2) is 27.8 Å². The van der Waals surface area contributed by atoms with Crippen LogP contribution in [0.3, 0.4) is 0 Å². The maximum absolute atomic E-state index is 11.3. The minimum Gasteiger partial charge on any atom is -0.452 e. The molecule has 0 saturated carbocycles. The number of nitrogens with zero attached hydrogens (tertiary/aromatic N) is 3. The highest BCUT2D eigenvalue weighted by Crippen LogP contribution is 2.28. The van der Waals surface area contributed by atoms with Crippen molar-refractivity contribution in [3.63, 3.8) is 0 Å². The van der Waals surface area contributed by atoms with Crippen molar-refractivity contribution in [2.45, 2.75) is 9.92 Å². The smallest absolute Gasteiger partial charge is 0.426 e. The summed E-state index contributed by atoms with van der Waals surface area (Å²) in [7, 11) is 1.31. The van der Waals surface area contributed by atoms with Crippen molar-refractivity contribution < 1.29 is 9.53 Å². The quantitative estimate of drug-likeness (QED) is 0.793. The van der Waals surface area contributed by atoms with E-state index in [1.165, 1.54) is 29.9 Å². The van der Waals surface area contributed by atoms with Gasteiger partial charge in [-0.15, -0.1) is 0 Å². The number of hydrogen-bond donors (Lipinski definition) is 1. The largest absolute Gasteiger partial charge is 0.452 e. The summed E-state index contributed by atoms with van der Waals surface area (Å²) in [6.45, 7) is 0. The van der Waals surface area contributed by atoms with Crippen LogP contribution < -0.4 is 5.43 Å². The zero-order valence-electron chi connectivity index (χ0n) is 11.5. The van der Waals surface area contributed by atoms with E-state index in [4.69, 9.17) is 11.6 Å².